The van der Waals surface area contributed by atoms with Gasteiger partial charge in [-0.1, -0.05) is 24.3 Å². The van der Waals surface area contributed by atoms with Crippen LogP contribution in [0.1, 0.15) is 12.5 Å². The molecule has 3 N–H and O–H groups in total. The van der Waals surface area contributed by atoms with E-state index in [1.165, 1.54) is 6.07 Å². The summed E-state index contributed by atoms with van der Waals surface area (Å²) in [5.74, 6) is 0.544. The SMILES string of the molecule is CN=C(NCc1ccc(NCCOC)cc1)NCC(C)Oc1ccccc1F.I. The molecule has 0 fully saturated rings. The highest BCUT2D eigenvalue weighted by molar-refractivity contribution is 14.0. The van der Waals surface area contributed by atoms with Crippen molar-refractivity contribution in [2.24, 2.45) is 4.99 Å². The molecule has 2 aromatic rings. The largest absolute Gasteiger partial charge is 0.486 e. The molecular formula is C21H30FIN4O2. The van der Waals surface area contributed by atoms with Crippen LogP contribution in [-0.2, 0) is 11.3 Å². The van der Waals surface area contributed by atoms with E-state index < -0.39 is 0 Å². The molecule has 0 amide bonds. The molecule has 0 aliphatic heterocycles. The summed E-state index contributed by atoms with van der Waals surface area (Å²) in [6.45, 7) is 4.46. The Morgan fingerprint density at radius 2 is 1.83 bits per heavy atom. The van der Waals surface area contributed by atoms with Gasteiger partial charge in [0, 0.05) is 32.9 Å². The summed E-state index contributed by atoms with van der Waals surface area (Å²) in [5.41, 5.74) is 2.19. The second-order valence-corrected chi connectivity index (χ2v) is 6.28. The molecule has 0 saturated carbocycles. The highest BCUT2D eigenvalue weighted by Crippen LogP contribution is 2.16. The van der Waals surface area contributed by atoms with Crippen molar-refractivity contribution in [1.82, 2.24) is 10.6 Å². The molecule has 29 heavy (non-hydrogen) atoms. The Morgan fingerprint density at radius 3 is 2.48 bits per heavy atom. The molecule has 2 aromatic carbocycles. The lowest BCUT2D eigenvalue weighted by Gasteiger charge is -2.18. The van der Waals surface area contributed by atoms with E-state index in [2.05, 4.69) is 33.1 Å². The molecule has 1 unspecified atom stereocenters. The lowest BCUT2D eigenvalue weighted by Crippen LogP contribution is -2.41. The molecule has 0 aromatic heterocycles. The summed E-state index contributed by atoms with van der Waals surface area (Å²) in [4.78, 5) is 4.21. The summed E-state index contributed by atoms with van der Waals surface area (Å²) in [6.07, 6.45) is -0.215. The van der Waals surface area contributed by atoms with Gasteiger partial charge in [-0.05, 0) is 36.8 Å². The number of para-hydroxylation sites is 1. The Labute approximate surface area is 189 Å². The van der Waals surface area contributed by atoms with Gasteiger partial charge in [0.15, 0.2) is 17.5 Å². The van der Waals surface area contributed by atoms with Crippen molar-refractivity contribution < 1.29 is 13.9 Å². The number of anilines is 1. The fraction of sp³-hybridized carbons (Fsp3) is 0.381. The molecule has 0 spiro atoms. The van der Waals surface area contributed by atoms with E-state index in [1.807, 2.05) is 19.1 Å². The van der Waals surface area contributed by atoms with Crippen LogP contribution in [0.25, 0.3) is 0 Å². The van der Waals surface area contributed by atoms with Gasteiger partial charge >= 0.3 is 0 Å². The Kier molecular flexibility index (Phi) is 12.1. The number of aliphatic imine (C=N–C) groups is 1. The van der Waals surface area contributed by atoms with Crippen LogP contribution < -0.4 is 20.7 Å². The van der Waals surface area contributed by atoms with E-state index >= 15 is 0 Å². The number of nitrogens with zero attached hydrogens (tertiary/aromatic N) is 1. The first kappa shape index (κ1) is 25.0. The van der Waals surface area contributed by atoms with Crippen molar-refractivity contribution in [2.75, 3.05) is 39.2 Å². The van der Waals surface area contributed by atoms with Crippen LogP contribution in [0.2, 0.25) is 0 Å². The lowest BCUT2D eigenvalue weighted by atomic mass is 10.2. The third kappa shape index (κ3) is 9.31. The topological polar surface area (TPSA) is 66.9 Å². The van der Waals surface area contributed by atoms with Gasteiger partial charge < -0.3 is 25.4 Å². The number of guanidine groups is 1. The highest BCUT2D eigenvalue weighted by atomic mass is 127. The van der Waals surface area contributed by atoms with Crippen molar-refractivity contribution in [3.63, 3.8) is 0 Å². The van der Waals surface area contributed by atoms with Gasteiger partial charge in [-0.15, -0.1) is 24.0 Å². The minimum atomic E-state index is -0.364. The van der Waals surface area contributed by atoms with E-state index in [1.54, 1.807) is 32.4 Å². The van der Waals surface area contributed by atoms with Crippen LogP contribution >= 0.6 is 24.0 Å². The molecule has 0 radical (unpaired) electrons. The van der Waals surface area contributed by atoms with Gasteiger partial charge in [-0.25, -0.2) is 4.39 Å². The average Bonchev–Trinajstić information content (AvgIpc) is 2.71. The molecule has 0 saturated heterocycles. The van der Waals surface area contributed by atoms with E-state index in [4.69, 9.17) is 9.47 Å². The highest BCUT2D eigenvalue weighted by Gasteiger charge is 2.09. The van der Waals surface area contributed by atoms with Gasteiger partial charge in [-0.3, -0.25) is 4.99 Å². The number of halogens is 2. The summed E-state index contributed by atoms with van der Waals surface area (Å²) in [7, 11) is 3.39. The van der Waals surface area contributed by atoms with Crippen molar-refractivity contribution in [2.45, 2.75) is 19.6 Å². The number of ether oxygens (including phenoxy) is 2. The molecule has 2 rings (SSSR count). The Bertz CT molecular complexity index is 744. The van der Waals surface area contributed by atoms with Gasteiger partial charge in [0.1, 0.15) is 6.10 Å². The smallest absolute Gasteiger partial charge is 0.191 e. The fourth-order valence-electron chi connectivity index (χ4n) is 2.48. The summed E-state index contributed by atoms with van der Waals surface area (Å²) < 4.78 is 24.3. The fourth-order valence-corrected chi connectivity index (χ4v) is 2.48. The lowest BCUT2D eigenvalue weighted by molar-refractivity contribution is 0.211. The van der Waals surface area contributed by atoms with Crippen LogP contribution in [-0.4, -0.2) is 45.9 Å². The molecule has 6 nitrogen and oxygen atoms in total. The zero-order valence-electron chi connectivity index (χ0n) is 17.1. The molecule has 1 atom stereocenters. The molecule has 0 aliphatic carbocycles. The van der Waals surface area contributed by atoms with Crippen molar-refractivity contribution >= 4 is 35.6 Å². The van der Waals surface area contributed by atoms with Crippen LogP contribution in [0, 0.1) is 5.82 Å². The third-order valence-electron chi connectivity index (χ3n) is 3.99. The van der Waals surface area contributed by atoms with Crippen LogP contribution in [0.15, 0.2) is 53.5 Å². The summed E-state index contributed by atoms with van der Waals surface area (Å²) >= 11 is 0. The number of hydrogen-bond donors (Lipinski definition) is 3. The first-order valence-corrected chi connectivity index (χ1v) is 9.30. The number of benzene rings is 2. The second kappa shape index (κ2) is 14.0. The minimum absolute atomic E-state index is 0. The van der Waals surface area contributed by atoms with Gasteiger partial charge in [0.05, 0.1) is 13.2 Å². The van der Waals surface area contributed by atoms with Gasteiger partial charge in [0.2, 0.25) is 0 Å². The summed E-state index contributed by atoms with van der Waals surface area (Å²) in [6, 6.07) is 14.6. The molecule has 0 aliphatic rings. The molecular weight excluding hydrogens is 486 g/mol. The normalized spacial score (nSPS) is 11.9. The van der Waals surface area contributed by atoms with Crippen LogP contribution in [0.3, 0.4) is 0 Å². The minimum Gasteiger partial charge on any atom is -0.486 e. The second-order valence-electron chi connectivity index (χ2n) is 6.28. The number of rotatable bonds is 10. The third-order valence-corrected chi connectivity index (χ3v) is 3.99. The van der Waals surface area contributed by atoms with Crippen LogP contribution in [0.5, 0.6) is 5.75 Å². The average molecular weight is 516 g/mol. The zero-order valence-corrected chi connectivity index (χ0v) is 19.4. The maximum Gasteiger partial charge on any atom is 0.191 e. The molecule has 160 valence electrons. The molecule has 0 heterocycles. The monoisotopic (exact) mass is 516 g/mol. The van der Waals surface area contributed by atoms with E-state index in [-0.39, 0.29) is 41.6 Å². The first-order chi connectivity index (χ1) is 13.6. The molecule has 8 heteroatoms. The Balaban J connectivity index is 0.00000420. The van der Waals surface area contributed by atoms with E-state index in [9.17, 15) is 4.39 Å². The van der Waals surface area contributed by atoms with E-state index in [0.717, 1.165) is 17.8 Å². The standard InChI is InChI=1S/C21H29FN4O2.HI/c1-16(28-20-7-5-4-6-19(20)22)14-25-21(23-2)26-15-17-8-10-18(11-9-17)24-12-13-27-3;/h4-11,16,24H,12-15H2,1-3H3,(H2,23,25,26);1H. The predicted molar refractivity (Wildman–Crippen MR) is 127 cm³/mol. The van der Waals surface area contributed by atoms with Gasteiger partial charge in [0.25, 0.3) is 0 Å². The number of hydrogen-bond acceptors (Lipinski definition) is 4. The van der Waals surface area contributed by atoms with Crippen molar-refractivity contribution in [3.05, 3.63) is 59.9 Å². The molecule has 0 bridgehead atoms. The predicted octanol–water partition coefficient (Wildman–Crippen LogP) is 3.63. The van der Waals surface area contributed by atoms with Crippen molar-refractivity contribution in [1.29, 1.82) is 0 Å². The van der Waals surface area contributed by atoms with E-state index in [0.29, 0.717) is 25.7 Å². The summed E-state index contributed by atoms with van der Waals surface area (Å²) in [5, 5.41) is 9.73. The number of methoxy groups -OCH3 is 1. The Morgan fingerprint density at radius 1 is 1.10 bits per heavy atom. The zero-order chi connectivity index (χ0) is 20.2. The first-order valence-electron chi connectivity index (χ1n) is 9.30. The Hall–Kier alpha value is -2.07. The van der Waals surface area contributed by atoms with Crippen molar-refractivity contribution in [3.8, 4) is 5.75 Å². The maximum atomic E-state index is 13.6. The van der Waals surface area contributed by atoms with Gasteiger partial charge in [-0.2, -0.15) is 0 Å². The van der Waals surface area contributed by atoms with Crippen LogP contribution in [0.4, 0.5) is 10.1 Å². The number of nitrogens with one attached hydrogen (secondary N) is 3. The quantitative estimate of drug-likeness (QED) is 0.195. The maximum absolute atomic E-state index is 13.6.